The van der Waals surface area contributed by atoms with Crippen molar-refractivity contribution in [3.63, 3.8) is 0 Å². The zero-order valence-electron chi connectivity index (χ0n) is 15.4. The molecule has 0 aliphatic carbocycles. The van der Waals surface area contributed by atoms with E-state index in [0.29, 0.717) is 17.0 Å². The molecule has 4 rings (SSSR count). The molecule has 0 aliphatic rings. The Morgan fingerprint density at radius 3 is 2.52 bits per heavy atom. The Hall–Kier alpha value is -3.60. The third kappa shape index (κ3) is 3.59. The number of aromatic nitrogens is 5. The number of nitrogens with one attached hydrogen (secondary N) is 1. The monoisotopic (exact) mass is 414 g/mol. The average Bonchev–Trinajstić information content (AvgIpc) is 3.08. The molecule has 0 fully saturated rings. The van der Waals surface area contributed by atoms with Crippen molar-refractivity contribution in [3.05, 3.63) is 60.4 Å². The van der Waals surface area contributed by atoms with Gasteiger partial charge in [0.1, 0.15) is 17.2 Å². The second kappa shape index (κ2) is 7.09. The molecule has 3 heterocycles. The molecule has 9 nitrogen and oxygen atoms in total. The SMILES string of the molecule is COc1ncc(-c2cnc3ncc(C)n3n2)cc1NS(=O)(=O)c1ccc(F)cc1. The molecule has 0 bridgehead atoms. The summed E-state index contributed by atoms with van der Waals surface area (Å²) in [6.45, 7) is 1.84. The molecule has 0 spiro atoms. The van der Waals surface area contributed by atoms with E-state index in [1.165, 1.54) is 37.7 Å². The van der Waals surface area contributed by atoms with E-state index in [9.17, 15) is 12.8 Å². The van der Waals surface area contributed by atoms with Gasteiger partial charge in [-0.2, -0.15) is 5.10 Å². The van der Waals surface area contributed by atoms with Crippen LogP contribution in [0.15, 0.2) is 53.8 Å². The summed E-state index contributed by atoms with van der Waals surface area (Å²) in [4.78, 5) is 12.4. The predicted molar refractivity (Wildman–Crippen MR) is 103 cm³/mol. The number of rotatable bonds is 5. The van der Waals surface area contributed by atoms with Crippen molar-refractivity contribution in [2.75, 3.05) is 11.8 Å². The van der Waals surface area contributed by atoms with Gasteiger partial charge in [0, 0.05) is 11.8 Å². The fraction of sp³-hybridized carbons (Fsp3) is 0.111. The topological polar surface area (TPSA) is 111 Å². The van der Waals surface area contributed by atoms with Gasteiger partial charge in [0.2, 0.25) is 5.88 Å². The number of sulfonamides is 1. The number of ether oxygens (including phenoxy) is 1. The van der Waals surface area contributed by atoms with Crippen LogP contribution in [0.1, 0.15) is 5.69 Å². The summed E-state index contributed by atoms with van der Waals surface area (Å²) in [6, 6.07) is 6.01. The largest absolute Gasteiger partial charge is 0.480 e. The quantitative estimate of drug-likeness (QED) is 0.534. The number of methoxy groups -OCH3 is 1. The van der Waals surface area contributed by atoms with Crippen molar-refractivity contribution >= 4 is 21.5 Å². The van der Waals surface area contributed by atoms with Crippen LogP contribution in [0.4, 0.5) is 10.1 Å². The molecule has 1 aromatic carbocycles. The summed E-state index contributed by atoms with van der Waals surface area (Å²) >= 11 is 0. The van der Waals surface area contributed by atoms with Crippen molar-refractivity contribution in [3.8, 4) is 17.1 Å². The lowest BCUT2D eigenvalue weighted by Gasteiger charge is -2.12. The van der Waals surface area contributed by atoms with Gasteiger partial charge in [0.05, 0.1) is 30.1 Å². The molecule has 3 aromatic heterocycles. The minimum Gasteiger partial charge on any atom is -0.480 e. The lowest BCUT2D eigenvalue weighted by molar-refractivity contribution is 0.400. The molecule has 0 saturated heterocycles. The van der Waals surface area contributed by atoms with E-state index in [0.717, 1.165) is 17.8 Å². The number of imidazole rings is 1. The number of nitrogens with zero attached hydrogens (tertiary/aromatic N) is 5. The van der Waals surface area contributed by atoms with Crippen LogP contribution in [-0.4, -0.2) is 40.1 Å². The number of fused-ring (bicyclic) bond motifs is 1. The number of anilines is 1. The highest BCUT2D eigenvalue weighted by Crippen LogP contribution is 2.29. The number of aryl methyl sites for hydroxylation is 1. The maximum atomic E-state index is 13.1. The number of halogens is 1. The molecule has 0 atom stereocenters. The third-order valence-corrected chi connectivity index (χ3v) is 5.49. The molecule has 0 saturated carbocycles. The average molecular weight is 414 g/mol. The number of benzene rings is 1. The Bertz CT molecular complexity index is 1310. The first-order valence-electron chi connectivity index (χ1n) is 8.37. The highest BCUT2D eigenvalue weighted by molar-refractivity contribution is 7.92. The zero-order valence-corrected chi connectivity index (χ0v) is 16.2. The maximum absolute atomic E-state index is 13.1. The van der Waals surface area contributed by atoms with E-state index in [1.807, 2.05) is 6.92 Å². The van der Waals surface area contributed by atoms with E-state index < -0.39 is 15.8 Å². The predicted octanol–water partition coefficient (Wildman–Crippen LogP) is 2.44. The Balaban J connectivity index is 1.74. The van der Waals surface area contributed by atoms with Gasteiger partial charge in [-0.15, -0.1) is 0 Å². The van der Waals surface area contributed by atoms with Crippen LogP contribution in [0.5, 0.6) is 5.88 Å². The van der Waals surface area contributed by atoms with Crippen molar-refractivity contribution in [1.82, 2.24) is 24.6 Å². The summed E-state index contributed by atoms with van der Waals surface area (Å²) in [5.41, 5.74) is 1.90. The van der Waals surface area contributed by atoms with Crippen LogP contribution in [0.2, 0.25) is 0 Å². The van der Waals surface area contributed by atoms with Gasteiger partial charge in [0.15, 0.2) is 0 Å². The highest BCUT2D eigenvalue weighted by Gasteiger charge is 2.19. The van der Waals surface area contributed by atoms with Gasteiger partial charge in [0.25, 0.3) is 15.8 Å². The summed E-state index contributed by atoms with van der Waals surface area (Å²) in [6.07, 6.45) is 4.66. The highest BCUT2D eigenvalue weighted by atomic mass is 32.2. The number of pyridine rings is 1. The van der Waals surface area contributed by atoms with Crippen LogP contribution in [0, 0.1) is 12.7 Å². The lowest BCUT2D eigenvalue weighted by Crippen LogP contribution is -2.14. The Labute approximate surface area is 165 Å². The Kier molecular flexibility index (Phi) is 4.59. The molecule has 4 aromatic rings. The van der Waals surface area contributed by atoms with Gasteiger partial charge in [-0.05, 0) is 37.3 Å². The molecular formula is C18H15FN6O3S. The van der Waals surface area contributed by atoms with Crippen molar-refractivity contribution in [2.24, 2.45) is 0 Å². The molecule has 0 unspecified atom stereocenters. The first-order chi connectivity index (χ1) is 13.9. The molecule has 29 heavy (non-hydrogen) atoms. The molecule has 0 aliphatic heterocycles. The van der Waals surface area contributed by atoms with Gasteiger partial charge < -0.3 is 4.74 Å². The summed E-state index contributed by atoms with van der Waals surface area (Å²) in [5, 5.41) is 4.46. The fourth-order valence-electron chi connectivity index (χ4n) is 2.66. The van der Waals surface area contributed by atoms with Crippen molar-refractivity contribution in [1.29, 1.82) is 0 Å². The molecule has 0 radical (unpaired) electrons. The van der Waals surface area contributed by atoms with Crippen molar-refractivity contribution in [2.45, 2.75) is 11.8 Å². The van der Waals surface area contributed by atoms with Gasteiger partial charge in [-0.3, -0.25) is 4.72 Å². The van der Waals surface area contributed by atoms with E-state index in [1.54, 1.807) is 10.7 Å². The molecule has 0 amide bonds. The minimum absolute atomic E-state index is 0.0762. The molecule has 11 heteroatoms. The maximum Gasteiger partial charge on any atom is 0.262 e. The zero-order chi connectivity index (χ0) is 20.6. The first-order valence-corrected chi connectivity index (χ1v) is 9.86. The van der Waals surface area contributed by atoms with Crippen LogP contribution in [-0.2, 0) is 10.0 Å². The van der Waals surface area contributed by atoms with Crippen LogP contribution in [0.25, 0.3) is 17.0 Å². The van der Waals surface area contributed by atoms with Gasteiger partial charge in [-0.25, -0.2) is 32.3 Å². The third-order valence-electron chi connectivity index (χ3n) is 4.11. The minimum atomic E-state index is -3.98. The Morgan fingerprint density at radius 2 is 1.79 bits per heavy atom. The molecule has 148 valence electrons. The van der Waals surface area contributed by atoms with E-state index in [-0.39, 0.29) is 16.5 Å². The molecular weight excluding hydrogens is 399 g/mol. The van der Waals surface area contributed by atoms with E-state index in [4.69, 9.17) is 4.74 Å². The fourth-order valence-corrected chi connectivity index (χ4v) is 3.71. The van der Waals surface area contributed by atoms with Crippen LogP contribution in [0.3, 0.4) is 0 Å². The summed E-state index contributed by atoms with van der Waals surface area (Å²) < 4.78 is 47.6. The lowest BCUT2D eigenvalue weighted by atomic mass is 10.2. The second-order valence-corrected chi connectivity index (χ2v) is 7.78. The smallest absolute Gasteiger partial charge is 0.262 e. The van der Waals surface area contributed by atoms with E-state index in [2.05, 4.69) is 24.8 Å². The summed E-state index contributed by atoms with van der Waals surface area (Å²) in [7, 11) is -2.61. The summed E-state index contributed by atoms with van der Waals surface area (Å²) in [5.74, 6) is -0.00815. The normalized spacial score (nSPS) is 11.6. The second-order valence-electron chi connectivity index (χ2n) is 6.10. The van der Waals surface area contributed by atoms with Crippen LogP contribution < -0.4 is 9.46 Å². The number of hydrogen-bond donors (Lipinski definition) is 1. The van der Waals surface area contributed by atoms with Gasteiger partial charge >= 0.3 is 0 Å². The van der Waals surface area contributed by atoms with Crippen molar-refractivity contribution < 1.29 is 17.5 Å². The van der Waals surface area contributed by atoms with E-state index >= 15 is 0 Å². The molecule has 1 N–H and O–H groups in total. The van der Waals surface area contributed by atoms with Gasteiger partial charge in [-0.1, -0.05) is 0 Å². The standard InChI is InChI=1S/C18H15FN6O3S/c1-11-8-21-18-22-10-16(23-25(11)18)12-7-15(17(28-2)20-9-12)24-29(26,27)14-5-3-13(19)4-6-14/h3-10,24H,1-2H3. The number of hydrogen-bond acceptors (Lipinski definition) is 7. The van der Waals surface area contributed by atoms with Crippen LogP contribution >= 0.6 is 0 Å². The Morgan fingerprint density at radius 1 is 1.07 bits per heavy atom. The first kappa shape index (κ1) is 18.7.